The molecule has 1 heterocycles. The van der Waals surface area contributed by atoms with Crippen molar-refractivity contribution >= 4 is 23.3 Å². The topological polar surface area (TPSA) is 136 Å². The fourth-order valence-corrected chi connectivity index (χ4v) is 2.50. The number of nitrogens with zero attached hydrogens (tertiary/aromatic N) is 2. The van der Waals surface area contributed by atoms with Crippen LogP contribution < -0.4 is 15.8 Å². The van der Waals surface area contributed by atoms with Crippen LogP contribution in [0.5, 0.6) is 11.6 Å². The molecule has 0 radical (unpaired) electrons. The second-order valence-electron chi connectivity index (χ2n) is 8.59. The lowest BCUT2D eigenvalue weighted by molar-refractivity contribution is -0.111. The van der Waals surface area contributed by atoms with E-state index in [2.05, 4.69) is 27.1 Å². The Morgan fingerprint density at radius 1 is 1.11 bits per heavy atom. The molecular weight excluding hydrogens is 472 g/mol. The summed E-state index contributed by atoms with van der Waals surface area (Å²) in [6.45, 7) is 5.58. The van der Waals surface area contributed by atoms with Crippen molar-refractivity contribution in [1.29, 1.82) is 0 Å². The second kappa shape index (κ2) is 14.0. The van der Waals surface area contributed by atoms with E-state index in [4.69, 9.17) is 15.2 Å². The van der Waals surface area contributed by atoms with Crippen LogP contribution >= 0.6 is 0 Å². The molecule has 0 bridgehead atoms. The van der Waals surface area contributed by atoms with E-state index in [1.165, 1.54) is 25.3 Å². The Hall–Kier alpha value is -4.68. The van der Waals surface area contributed by atoms with E-state index in [0.717, 1.165) is 0 Å². The summed E-state index contributed by atoms with van der Waals surface area (Å²) in [7, 11) is 1.49. The van der Waals surface area contributed by atoms with Crippen molar-refractivity contribution in [3.05, 3.63) is 84.3 Å². The molecule has 2 amide bonds. The van der Waals surface area contributed by atoms with Crippen LogP contribution in [0, 0.1) is 17.3 Å². The van der Waals surface area contributed by atoms with Gasteiger partial charge in [-0.1, -0.05) is 38.8 Å². The summed E-state index contributed by atoms with van der Waals surface area (Å²) >= 11 is 0. The number of ether oxygens (including phenoxy) is 2. The van der Waals surface area contributed by atoms with Gasteiger partial charge in [0.25, 0.3) is 11.8 Å². The van der Waals surface area contributed by atoms with E-state index in [-0.39, 0.29) is 29.6 Å². The van der Waals surface area contributed by atoms with Gasteiger partial charge in [0.1, 0.15) is 24.0 Å². The molecule has 0 aliphatic rings. The molecule has 0 saturated carbocycles. The number of carbonyl (C=O) groups is 2. The van der Waals surface area contributed by atoms with Gasteiger partial charge in [-0.25, -0.2) is 4.98 Å². The number of aromatic nitrogens is 1. The summed E-state index contributed by atoms with van der Waals surface area (Å²) in [6, 6.07) is 16.3. The highest BCUT2D eigenvalue weighted by atomic mass is 16.5. The zero-order chi connectivity index (χ0) is 27.3. The first-order chi connectivity index (χ1) is 17.6. The molecule has 0 aliphatic carbocycles. The van der Waals surface area contributed by atoms with Crippen LogP contribution in [0.25, 0.3) is 0 Å². The summed E-state index contributed by atoms with van der Waals surface area (Å²) in [5.41, 5.74) is 6.02. The number of aliphatic imine (C=N–C) groups is 1. The summed E-state index contributed by atoms with van der Waals surface area (Å²) in [4.78, 5) is 32.5. The highest BCUT2D eigenvalue weighted by Gasteiger charge is 2.16. The molecule has 0 atom stereocenters. The standard InChI is InChI=1S/C28H30N4O5/c1-28(2,3)23(33)19-24(29)32-27(35)20-11-14-22(15-12-20)37-26-16-13-21(9-6-5-7-17-30-26)31-25(34)10-8-18-36-4/h5-7,9,11-17,19,33H,18H2,1-4H3,(H,31,34)(H2,29,32,35)/b6-5?,7-5?,9-6?,16-13?,17-7?,21-9?,21-13?,23-19-,26-16?,30-17?,30-26?. The maximum atomic E-state index is 12.4. The molecule has 4 N–H and O–H groups in total. The minimum Gasteiger partial charge on any atom is -0.512 e. The summed E-state index contributed by atoms with van der Waals surface area (Å²) in [6.07, 6.45) is 2.82. The average Bonchev–Trinajstić information content (AvgIpc) is 2.84. The van der Waals surface area contributed by atoms with E-state index >= 15 is 0 Å². The Kier molecular flexibility index (Phi) is 10.8. The van der Waals surface area contributed by atoms with Crippen LogP contribution in [0.2, 0.25) is 0 Å². The Morgan fingerprint density at radius 2 is 1.84 bits per heavy atom. The normalized spacial score (nSPS) is 11.5. The number of allylic oxidation sites excluding steroid dienone is 1. The van der Waals surface area contributed by atoms with Gasteiger partial charge in [-0.15, -0.1) is 0 Å². The number of benzene rings is 1. The number of nitrogens with two attached hydrogens (primary N) is 1. The van der Waals surface area contributed by atoms with Gasteiger partial charge in [-0.05, 0) is 48.4 Å². The molecule has 0 aliphatic heterocycles. The van der Waals surface area contributed by atoms with Gasteiger partial charge < -0.3 is 25.6 Å². The lowest BCUT2D eigenvalue weighted by Crippen LogP contribution is -2.16. The first-order valence-corrected chi connectivity index (χ1v) is 11.2. The smallest absolute Gasteiger partial charge is 0.300 e. The molecule has 9 heteroatoms. The van der Waals surface area contributed by atoms with Crippen molar-refractivity contribution in [3.63, 3.8) is 0 Å². The molecule has 0 unspecified atom stereocenters. The number of aliphatic hydroxyl groups is 1. The summed E-state index contributed by atoms with van der Waals surface area (Å²) in [5, 5.41) is 12.7. The fourth-order valence-electron chi connectivity index (χ4n) is 2.50. The van der Waals surface area contributed by atoms with E-state index in [1.807, 2.05) is 20.8 Å². The molecule has 2 aromatic rings. The van der Waals surface area contributed by atoms with Crippen molar-refractivity contribution in [3.8, 4) is 23.5 Å². The zero-order valence-electron chi connectivity index (χ0n) is 21.2. The van der Waals surface area contributed by atoms with Crippen molar-refractivity contribution in [2.45, 2.75) is 20.8 Å². The fraction of sp³-hybridized carbons (Fsp3) is 0.214. The Morgan fingerprint density at radius 3 is 2.51 bits per heavy atom. The maximum absolute atomic E-state index is 12.4. The Bertz CT molecular complexity index is 1280. The minimum atomic E-state index is -0.563. The van der Waals surface area contributed by atoms with Crippen LogP contribution in [0.1, 0.15) is 31.1 Å². The largest absolute Gasteiger partial charge is 0.512 e. The lowest BCUT2D eigenvalue weighted by Gasteiger charge is -2.16. The van der Waals surface area contributed by atoms with E-state index in [9.17, 15) is 14.7 Å². The third kappa shape index (κ3) is 10.6. The van der Waals surface area contributed by atoms with Gasteiger partial charge >= 0.3 is 0 Å². The van der Waals surface area contributed by atoms with E-state index in [0.29, 0.717) is 11.4 Å². The molecule has 0 fully saturated rings. The first-order valence-electron chi connectivity index (χ1n) is 11.2. The molecule has 2 rings (SSSR count). The number of methoxy groups -OCH3 is 1. The summed E-state index contributed by atoms with van der Waals surface area (Å²) < 4.78 is 10.6. The zero-order valence-corrected chi connectivity index (χ0v) is 21.2. The van der Waals surface area contributed by atoms with Gasteiger partial charge in [-0.3, -0.25) is 9.59 Å². The highest BCUT2D eigenvalue weighted by molar-refractivity contribution is 6.06. The van der Waals surface area contributed by atoms with Gasteiger partial charge in [0.15, 0.2) is 0 Å². The van der Waals surface area contributed by atoms with Crippen molar-refractivity contribution in [2.24, 2.45) is 16.1 Å². The van der Waals surface area contributed by atoms with Crippen molar-refractivity contribution in [1.82, 2.24) is 4.98 Å². The molecule has 1 aromatic heterocycles. The third-order valence-corrected chi connectivity index (χ3v) is 4.47. The molecular formula is C28H30N4O5. The molecule has 37 heavy (non-hydrogen) atoms. The maximum Gasteiger partial charge on any atom is 0.300 e. The average molecular weight is 503 g/mol. The number of amides is 2. The number of aliphatic hydroxyl groups excluding tert-OH is 1. The third-order valence-electron chi connectivity index (χ3n) is 4.47. The van der Waals surface area contributed by atoms with E-state index in [1.54, 1.807) is 54.7 Å². The number of carbonyl (C=O) groups excluding carboxylic acids is 2. The predicted molar refractivity (Wildman–Crippen MR) is 143 cm³/mol. The SMILES string of the molecule is COCC#CC(=O)Nc1cccccnc(Oc2ccc(C(=O)N=C(N)/C=C(\O)C(C)(C)C)cc2)cc1. The number of hydrogen-bond donors (Lipinski definition) is 3. The quantitative estimate of drug-likeness (QED) is 0.228. The van der Waals surface area contributed by atoms with Crippen molar-refractivity contribution in [2.75, 3.05) is 19.0 Å². The highest BCUT2D eigenvalue weighted by Crippen LogP contribution is 2.22. The van der Waals surface area contributed by atoms with Gasteiger partial charge in [0.05, 0.1) is 0 Å². The van der Waals surface area contributed by atoms with Gasteiger partial charge in [0.2, 0.25) is 5.88 Å². The predicted octanol–water partition coefficient (Wildman–Crippen LogP) is 4.57. The molecule has 9 nitrogen and oxygen atoms in total. The van der Waals surface area contributed by atoms with E-state index < -0.39 is 17.2 Å². The molecule has 0 spiro atoms. The van der Waals surface area contributed by atoms with Crippen LogP contribution in [-0.4, -0.2) is 41.5 Å². The minimum absolute atomic E-state index is 0.0194. The number of rotatable bonds is 6. The summed E-state index contributed by atoms with van der Waals surface area (Å²) in [5.74, 6) is 4.55. The number of nitrogens with one attached hydrogen (secondary N) is 1. The first kappa shape index (κ1) is 28.6. The second-order valence-corrected chi connectivity index (χ2v) is 8.59. The number of anilines is 1. The Labute approximate surface area is 216 Å². The Balaban J connectivity index is 2.19. The molecule has 1 aromatic carbocycles. The van der Waals surface area contributed by atoms with Gasteiger partial charge in [-0.2, -0.15) is 4.99 Å². The van der Waals surface area contributed by atoms with Crippen LogP contribution in [-0.2, 0) is 9.53 Å². The number of hydrogen-bond acceptors (Lipinski definition) is 6. The van der Waals surface area contributed by atoms with Crippen LogP contribution in [0.3, 0.4) is 0 Å². The lowest BCUT2D eigenvalue weighted by atomic mass is 9.93. The number of amidine groups is 1. The van der Waals surface area contributed by atoms with Crippen LogP contribution in [0.4, 0.5) is 5.69 Å². The van der Waals surface area contributed by atoms with Crippen molar-refractivity contribution < 1.29 is 24.2 Å². The van der Waals surface area contributed by atoms with Crippen LogP contribution in [0.15, 0.2) is 83.7 Å². The monoisotopic (exact) mass is 502 g/mol. The molecule has 192 valence electrons. The van der Waals surface area contributed by atoms with Gasteiger partial charge in [0, 0.05) is 42.1 Å². The molecule has 0 saturated heterocycles.